The maximum Gasteiger partial charge on any atom is 0.197 e. The number of aromatic hydroxyl groups is 1. The quantitative estimate of drug-likeness (QED) is 0.644. The summed E-state index contributed by atoms with van der Waals surface area (Å²) in [5.41, 5.74) is 2.02. The van der Waals surface area contributed by atoms with Crippen LogP contribution in [0.2, 0.25) is 0 Å². The third kappa shape index (κ3) is 1.38. The Balaban J connectivity index is 2.19. The Morgan fingerprint density at radius 2 is 2.00 bits per heavy atom. The van der Waals surface area contributed by atoms with Crippen molar-refractivity contribution in [1.29, 1.82) is 0 Å². The lowest BCUT2D eigenvalue weighted by Crippen LogP contribution is -1.79. The van der Waals surface area contributed by atoms with Crippen LogP contribution >= 0.6 is 0 Å². The number of phenolic OH excluding ortho intramolecular Hbond substituents is 1. The van der Waals surface area contributed by atoms with E-state index in [9.17, 15) is 5.11 Å². The van der Waals surface area contributed by atoms with Gasteiger partial charge in [-0.25, -0.2) is 15.0 Å². The molecule has 2 N–H and O–H groups in total. The first-order valence-electron chi connectivity index (χ1n) is 4.79. The predicted octanol–water partition coefficient (Wildman–Crippen LogP) is 1.73. The van der Waals surface area contributed by atoms with Gasteiger partial charge in [0.2, 0.25) is 0 Å². The van der Waals surface area contributed by atoms with Gasteiger partial charge in [0.05, 0.1) is 0 Å². The Bertz CT molecular complexity index is 614. The van der Waals surface area contributed by atoms with Crippen LogP contribution in [0.3, 0.4) is 0 Å². The number of hydrogen-bond acceptors (Lipinski definition) is 4. The summed E-state index contributed by atoms with van der Waals surface area (Å²) in [6.07, 6.45) is 3.20. The van der Waals surface area contributed by atoms with E-state index >= 15 is 0 Å². The van der Waals surface area contributed by atoms with E-state index in [-0.39, 0.29) is 5.75 Å². The van der Waals surface area contributed by atoms with E-state index in [0.717, 1.165) is 5.56 Å². The van der Waals surface area contributed by atoms with E-state index in [4.69, 9.17) is 0 Å². The average molecular weight is 212 g/mol. The number of aromatic nitrogens is 4. The number of rotatable bonds is 1. The van der Waals surface area contributed by atoms with Crippen molar-refractivity contribution in [3.05, 3.63) is 36.7 Å². The van der Waals surface area contributed by atoms with E-state index < -0.39 is 0 Å². The molecule has 0 aliphatic carbocycles. The summed E-state index contributed by atoms with van der Waals surface area (Å²) in [5, 5.41) is 9.38. The van der Waals surface area contributed by atoms with Gasteiger partial charge in [0.15, 0.2) is 11.3 Å². The Morgan fingerprint density at radius 3 is 2.81 bits per heavy atom. The fraction of sp³-hybridized carbons (Fsp3) is 0. The molecule has 0 bridgehead atoms. The van der Waals surface area contributed by atoms with Gasteiger partial charge in [0, 0.05) is 18.0 Å². The van der Waals surface area contributed by atoms with Crippen molar-refractivity contribution in [2.75, 3.05) is 0 Å². The predicted molar refractivity (Wildman–Crippen MR) is 58.8 cm³/mol. The number of hydrogen-bond donors (Lipinski definition) is 2. The van der Waals surface area contributed by atoms with Crippen LogP contribution < -0.4 is 0 Å². The van der Waals surface area contributed by atoms with Gasteiger partial charge in [-0.15, -0.1) is 0 Å². The van der Waals surface area contributed by atoms with Crippen LogP contribution in [0.4, 0.5) is 0 Å². The highest BCUT2D eigenvalue weighted by Gasteiger charge is 2.06. The van der Waals surface area contributed by atoms with E-state index in [1.807, 2.05) is 6.07 Å². The summed E-state index contributed by atoms with van der Waals surface area (Å²) >= 11 is 0. The number of benzene rings is 1. The molecule has 0 unspecified atom stereocenters. The second kappa shape index (κ2) is 3.30. The summed E-state index contributed by atoms with van der Waals surface area (Å²) in [4.78, 5) is 15.5. The molecule has 0 aliphatic heterocycles. The molecule has 0 amide bonds. The van der Waals surface area contributed by atoms with Gasteiger partial charge in [-0.05, 0) is 12.1 Å². The monoisotopic (exact) mass is 212 g/mol. The van der Waals surface area contributed by atoms with Gasteiger partial charge in [-0.2, -0.15) is 0 Å². The lowest BCUT2D eigenvalue weighted by molar-refractivity contribution is 0.475. The Hall–Kier alpha value is -2.43. The molecule has 2 aromatic heterocycles. The summed E-state index contributed by atoms with van der Waals surface area (Å²) in [7, 11) is 0. The summed E-state index contributed by atoms with van der Waals surface area (Å²) in [6.45, 7) is 0. The molecule has 5 heteroatoms. The van der Waals surface area contributed by atoms with Crippen molar-refractivity contribution in [2.45, 2.75) is 0 Å². The largest absolute Gasteiger partial charge is 0.508 e. The number of phenols is 1. The first kappa shape index (κ1) is 8.84. The van der Waals surface area contributed by atoms with Gasteiger partial charge in [0.1, 0.15) is 11.6 Å². The molecule has 0 spiro atoms. The first-order valence-corrected chi connectivity index (χ1v) is 4.79. The summed E-state index contributed by atoms with van der Waals surface area (Å²) < 4.78 is 0. The molecular weight excluding hydrogens is 204 g/mol. The molecule has 0 saturated heterocycles. The van der Waals surface area contributed by atoms with Gasteiger partial charge in [0.25, 0.3) is 0 Å². The van der Waals surface area contributed by atoms with Crippen molar-refractivity contribution in [3.63, 3.8) is 0 Å². The number of aromatic amines is 1. The molecule has 0 aliphatic rings. The molecule has 0 fully saturated rings. The van der Waals surface area contributed by atoms with E-state index in [1.54, 1.807) is 30.6 Å². The van der Waals surface area contributed by atoms with Crippen LogP contribution in [0.5, 0.6) is 5.75 Å². The Kier molecular flexibility index (Phi) is 1.83. The molecule has 0 saturated carbocycles. The van der Waals surface area contributed by atoms with Crippen LogP contribution in [-0.2, 0) is 0 Å². The highest BCUT2D eigenvalue weighted by molar-refractivity contribution is 5.72. The lowest BCUT2D eigenvalue weighted by atomic mass is 10.2. The van der Waals surface area contributed by atoms with E-state index in [0.29, 0.717) is 17.1 Å². The number of imidazole rings is 1. The normalized spacial score (nSPS) is 10.8. The molecule has 0 atom stereocenters. The first-order chi connectivity index (χ1) is 7.83. The second-order valence-corrected chi connectivity index (χ2v) is 3.36. The average Bonchev–Trinajstić information content (AvgIpc) is 2.72. The third-order valence-electron chi connectivity index (χ3n) is 2.25. The number of H-pyrrole nitrogens is 1. The molecule has 5 nitrogen and oxygen atoms in total. The molecule has 78 valence electrons. The maximum atomic E-state index is 9.38. The fourth-order valence-corrected chi connectivity index (χ4v) is 1.54. The number of nitrogens with zero attached hydrogens (tertiary/aromatic N) is 3. The highest BCUT2D eigenvalue weighted by atomic mass is 16.3. The molecule has 3 rings (SSSR count). The SMILES string of the molecule is Oc1cccc(-c2nc3nccnc3[nH]2)c1. The Labute approximate surface area is 90.8 Å². The molecule has 0 radical (unpaired) electrons. The maximum absolute atomic E-state index is 9.38. The van der Waals surface area contributed by atoms with Crippen molar-refractivity contribution in [1.82, 2.24) is 19.9 Å². The third-order valence-corrected chi connectivity index (χ3v) is 2.25. The summed E-state index contributed by atoms with van der Waals surface area (Å²) in [6, 6.07) is 6.87. The number of nitrogens with one attached hydrogen (secondary N) is 1. The van der Waals surface area contributed by atoms with Gasteiger partial charge in [-0.3, -0.25) is 0 Å². The van der Waals surface area contributed by atoms with Gasteiger partial charge in [-0.1, -0.05) is 12.1 Å². The van der Waals surface area contributed by atoms with Crippen molar-refractivity contribution >= 4 is 11.3 Å². The molecule has 2 heterocycles. The van der Waals surface area contributed by atoms with Crippen LogP contribution in [0, 0.1) is 0 Å². The zero-order valence-electron chi connectivity index (χ0n) is 8.25. The molecular formula is C11H8N4O. The topological polar surface area (TPSA) is 74.7 Å². The van der Waals surface area contributed by atoms with Crippen LogP contribution in [-0.4, -0.2) is 25.0 Å². The van der Waals surface area contributed by atoms with Crippen molar-refractivity contribution < 1.29 is 5.11 Å². The van der Waals surface area contributed by atoms with Gasteiger partial charge < -0.3 is 10.1 Å². The van der Waals surface area contributed by atoms with Crippen LogP contribution in [0.15, 0.2) is 36.7 Å². The van der Waals surface area contributed by atoms with Crippen molar-refractivity contribution in [2.24, 2.45) is 0 Å². The van der Waals surface area contributed by atoms with Gasteiger partial charge >= 0.3 is 0 Å². The van der Waals surface area contributed by atoms with Crippen molar-refractivity contribution in [3.8, 4) is 17.1 Å². The zero-order chi connectivity index (χ0) is 11.0. The van der Waals surface area contributed by atoms with Crippen LogP contribution in [0.1, 0.15) is 0 Å². The van der Waals surface area contributed by atoms with E-state index in [2.05, 4.69) is 19.9 Å². The minimum atomic E-state index is 0.207. The molecule has 1 aromatic carbocycles. The van der Waals surface area contributed by atoms with Crippen LogP contribution in [0.25, 0.3) is 22.7 Å². The second-order valence-electron chi connectivity index (χ2n) is 3.36. The lowest BCUT2D eigenvalue weighted by Gasteiger charge is -1.96. The number of fused-ring (bicyclic) bond motifs is 1. The minimum Gasteiger partial charge on any atom is -0.508 e. The highest BCUT2D eigenvalue weighted by Crippen LogP contribution is 2.21. The standard InChI is InChI=1S/C11H8N4O/c16-8-3-1-2-7(6-8)9-14-10-11(15-9)13-5-4-12-10/h1-6,16H,(H,12,13,14,15). The zero-order valence-corrected chi connectivity index (χ0v) is 8.25. The smallest absolute Gasteiger partial charge is 0.197 e. The molecule has 3 aromatic rings. The molecule has 16 heavy (non-hydrogen) atoms. The van der Waals surface area contributed by atoms with E-state index in [1.165, 1.54) is 0 Å². The minimum absolute atomic E-state index is 0.207. The fourth-order valence-electron chi connectivity index (χ4n) is 1.54. The Morgan fingerprint density at radius 1 is 1.12 bits per heavy atom. The summed E-state index contributed by atoms with van der Waals surface area (Å²) in [5.74, 6) is 0.857.